The number of carbonyl (C=O) groups excluding carboxylic acids is 1. The maximum Gasteiger partial charge on any atom is 0.347 e. The van der Waals surface area contributed by atoms with Gasteiger partial charge in [0, 0.05) is 5.56 Å². The number of aromatic nitrogens is 2. The zero-order valence-electron chi connectivity index (χ0n) is 15.1. The molecule has 2 atom stereocenters. The van der Waals surface area contributed by atoms with Gasteiger partial charge in [0.25, 0.3) is 5.89 Å². The number of nitrogens with zero attached hydrogens (tertiary/aromatic N) is 3. The zero-order valence-corrected chi connectivity index (χ0v) is 15.1. The van der Waals surface area contributed by atoms with Gasteiger partial charge in [-0.2, -0.15) is 5.26 Å². The van der Waals surface area contributed by atoms with Gasteiger partial charge in [0.1, 0.15) is 11.6 Å². The average molecular weight is 381 g/mol. The summed E-state index contributed by atoms with van der Waals surface area (Å²) in [6.07, 6.45) is -1.67. The summed E-state index contributed by atoms with van der Waals surface area (Å²) in [7, 11) is 0. The molecule has 0 fully saturated rings. The maximum absolute atomic E-state index is 13.0. The third kappa shape index (κ3) is 4.51. The van der Waals surface area contributed by atoms with Crippen molar-refractivity contribution in [1.29, 1.82) is 5.26 Å². The predicted molar refractivity (Wildman–Crippen MR) is 95.4 cm³/mol. The zero-order chi connectivity index (χ0) is 20.1. The van der Waals surface area contributed by atoms with Crippen molar-refractivity contribution in [3.05, 3.63) is 65.8 Å². The molecule has 2 aromatic carbocycles. The lowest BCUT2D eigenvalue weighted by Gasteiger charge is -2.16. The molecule has 3 aromatic rings. The molecule has 0 aliphatic rings. The molecule has 0 spiro atoms. The summed E-state index contributed by atoms with van der Waals surface area (Å²) in [6.45, 7) is 3.14. The minimum atomic E-state index is -0.880. The molecule has 0 saturated carbocycles. The summed E-state index contributed by atoms with van der Waals surface area (Å²) in [5.74, 6) is -0.244. The fraction of sp³-hybridized carbons (Fsp3) is 0.200. The summed E-state index contributed by atoms with van der Waals surface area (Å²) in [5.41, 5.74) is 1.04. The molecule has 0 unspecified atom stereocenters. The summed E-state index contributed by atoms with van der Waals surface area (Å²) >= 11 is 0. The van der Waals surface area contributed by atoms with E-state index in [0.29, 0.717) is 16.9 Å². The normalized spacial score (nSPS) is 12.6. The standard InChI is InChI=1S/C20H16FN3O4/c1-12(18-23-24-19(28-18)15-5-7-16(21)8-6-15)27-20(25)13(2)26-17-9-3-14(11-22)4-10-17/h3-10,12-13H,1-2H3/t12-,13+/m1/s1. The van der Waals surface area contributed by atoms with Crippen molar-refractivity contribution in [2.24, 2.45) is 0 Å². The number of hydrogen-bond donors (Lipinski definition) is 0. The van der Waals surface area contributed by atoms with E-state index < -0.39 is 18.2 Å². The van der Waals surface area contributed by atoms with Crippen LogP contribution in [0.25, 0.3) is 11.5 Å². The number of benzene rings is 2. The molecular weight excluding hydrogens is 365 g/mol. The fourth-order valence-corrected chi connectivity index (χ4v) is 2.29. The van der Waals surface area contributed by atoms with Gasteiger partial charge in [-0.05, 0) is 62.4 Å². The number of ether oxygens (including phenoxy) is 2. The quantitative estimate of drug-likeness (QED) is 0.599. The highest BCUT2D eigenvalue weighted by atomic mass is 19.1. The SMILES string of the molecule is C[C@H](Oc1ccc(C#N)cc1)C(=O)O[C@H](C)c1nnc(-c2ccc(F)cc2)o1. The van der Waals surface area contributed by atoms with E-state index in [1.807, 2.05) is 6.07 Å². The first-order valence-corrected chi connectivity index (χ1v) is 8.43. The van der Waals surface area contributed by atoms with E-state index in [1.54, 1.807) is 38.1 Å². The van der Waals surface area contributed by atoms with Crippen molar-refractivity contribution in [3.8, 4) is 23.3 Å². The highest BCUT2D eigenvalue weighted by Gasteiger charge is 2.23. The molecule has 8 heteroatoms. The van der Waals surface area contributed by atoms with E-state index in [0.717, 1.165) is 0 Å². The molecule has 3 rings (SSSR count). The average Bonchev–Trinajstić information content (AvgIpc) is 3.19. The second-order valence-corrected chi connectivity index (χ2v) is 5.93. The third-order valence-corrected chi connectivity index (χ3v) is 3.80. The van der Waals surface area contributed by atoms with Gasteiger partial charge in [-0.1, -0.05) is 0 Å². The molecule has 1 aromatic heterocycles. The third-order valence-electron chi connectivity index (χ3n) is 3.80. The second-order valence-electron chi connectivity index (χ2n) is 5.93. The predicted octanol–water partition coefficient (Wildman–Crippen LogP) is 3.82. The Balaban J connectivity index is 1.60. The minimum absolute atomic E-state index is 0.109. The maximum atomic E-state index is 13.0. The van der Waals surface area contributed by atoms with E-state index in [4.69, 9.17) is 19.2 Å². The lowest BCUT2D eigenvalue weighted by molar-refractivity contribution is -0.157. The van der Waals surface area contributed by atoms with Crippen LogP contribution in [0, 0.1) is 17.1 Å². The van der Waals surface area contributed by atoms with Crippen LogP contribution in [0.15, 0.2) is 52.9 Å². The van der Waals surface area contributed by atoms with Gasteiger partial charge >= 0.3 is 5.97 Å². The number of carbonyl (C=O) groups is 1. The number of esters is 1. The highest BCUT2D eigenvalue weighted by Crippen LogP contribution is 2.23. The van der Waals surface area contributed by atoms with E-state index >= 15 is 0 Å². The van der Waals surface area contributed by atoms with E-state index in [1.165, 1.54) is 24.3 Å². The Hall–Kier alpha value is -3.73. The number of halogens is 1. The summed E-state index contributed by atoms with van der Waals surface area (Å²) in [4.78, 5) is 12.2. The molecule has 0 N–H and O–H groups in total. The van der Waals surface area contributed by atoms with Crippen molar-refractivity contribution in [2.75, 3.05) is 0 Å². The van der Waals surface area contributed by atoms with Gasteiger partial charge in [-0.3, -0.25) is 0 Å². The van der Waals surface area contributed by atoms with E-state index in [9.17, 15) is 9.18 Å². The van der Waals surface area contributed by atoms with Gasteiger partial charge in [0.15, 0.2) is 12.2 Å². The van der Waals surface area contributed by atoms with Crippen molar-refractivity contribution in [2.45, 2.75) is 26.1 Å². The van der Waals surface area contributed by atoms with Crippen molar-refractivity contribution in [1.82, 2.24) is 10.2 Å². The Bertz CT molecular complexity index is 994. The van der Waals surface area contributed by atoms with Crippen LogP contribution in [0.1, 0.15) is 31.4 Å². The largest absolute Gasteiger partial charge is 0.479 e. The Morgan fingerprint density at radius 1 is 1.11 bits per heavy atom. The van der Waals surface area contributed by atoms with Crippen LogP contribution in [-0.4, -0.2) is 22.3 Å². The van der Waals surface area contributed by atoms with E-state index in [-0.39, 0.29) is 17.6 Å². The molecular formula is C20H16FN3O4. The lowest BCUT2D eigenvalue weighted by atomic mass is 10.2. The van der Waals surface area contributed by atoms with Crippen molar-refractivity contribution < 1.29 is 23.1 Å². The molecule has 7 nitrogen and oxygen atoms in total. The molecule has 28 heavy (non-hydrogen) atoms. The Labute approximate surface area is 160 Å². The van der Waals surface area contributed by atoms with Crippen LogP contribution in [0.5, 0.6) is 5.75 Å². The van der Waals surface area contributed by atoms with Crippen molar-refractivity contribution in [3.63, 3.8) is 0 Å². The highest BCUT2D eigenvalue weighted by molar-refractivity contribution is 5.74. The first-order chi connectivity index (χ1) is 13.5. The summed E-state index contributed by atoms with van der Waals surface area (Å²) in [6, 6.07) is 14.0. The van der Waals surface area contributed by atoms with Crippen LogP contribution in [-0.2, 0) is 9.53 Å². The van der Waals surface area contributed by atoms with Gasteiger partial charge in [0.2, 0.25) is 5.89 Å². The first-order valence-electron chi connectivity index (χ1n) is 8.43. The lowest BCUT2D eigenvalue weighted by Crippen LogP contribution is -2.27. The van der Waals surface area contributed by atoms with Gasteiger partial charge in [0.05, 0.1) is 11.6 Å². The number of rotatable bonds is 6. The van der Waals surface area contributed by atoms with Gasteiger partial charge in [-0.15, -0.1) is 10.2 Å². The minimum Gasteiger partial charge on any atom is -0.479 e. The van der Waals surface area contributed by atoms with Crippen LogP contribution in [0.3, 0.4) is 0 Å². The summed E-state index contributed by atoms with van der Waals surface area (Å²) in [5, 5.41) is 16.5. The Morgan fingerprint density at radius 2 is 1.79 bits per heavy atom. The molecule has 0 radical (unpaired) electrons. The van der Waals surface area contributed by atoms with Crippen molar-refractivity contribution >= 4 is 5.97 Å². The summed E-state index contributed by atoms with van der Waals surface area (Å²) < 4.78 is 29.3. The van der Waals surface area contributed by atoms with Gasteiger partial charge < -0.3 is 13.9 Å². The second kappa shape index (κ2) is 8.31. The molecule has 0 amide bonds. The molecule has 142 valence electrons. The number of nitriles is 1. The van der Waals surface area contributed by atoms with E-state index in [2.05, 4.69) is 10.2 Å². The van der Waals surface area contributed by atoms with Crippen LogP contribution in [0.4, 0.5) is 4.39 Å². The number of hydrogen-bond acceptors (Lipinski definition) is 7. The Morgan fingerprint density at radius 3 is 2.43 bits per heavy atom. The fourth-order valence-electron chi connectivity index (χ4n) is 2.29. The molecule has 0 saturated heterocycles. The topological polar surface area (TPSA) is 98.2 Å². The Kier molecular flexibility index (Phi) is 5.65. The molecule has 0 aliphatic carbocycles. The first kappa shape index (κ1) is 19.0. The molecule has 0 aliphatic heterocycles. The van der Waals surface area contributed by atoms with Gasteiger partial charge in [-0.25, -0.2) is 9.18 Å². The van der Waals surface area contributed by atoms with Crippen LogP contribution < -0.4 is 4.74 Å². The van der Waals surface area contributed by atoms with Crippen LogP contribution in [0.2, 0.25) is 0 Å². The molecule has 0 bridgehead atoms. The molecule has 1 heterocycles. The van der Waals surface area contributed by atoms with Crippen LogP contribution >= 0.6 is 0 Å². The smallest absolute Gasteiger partial charge is 0.347 e. The monoisotopic (exact) mass is 381 g/mol.